The highest BCUT2D eigenvalue weighted by molar-refractivity contribution is 6.25. The summed E-state index contributed by atoms with van der Waals surface area (Å²) in [6.07, 6.45) is 4.13. The smallest absolute Gasteiger partial charge is 0.0291 e. The maximum Gasteiger partial charge on any atom is 0.0291 e. The first-order chi connectivity index (χ1) is 6.24. The van der Waals surface area contributed by atoms with E-state index in [1.54, 1.807) is 0 Å². The number of hydrogen-bond donors (Lipinski definition) is 1. The summed E-state index contributed by atoms with van der Waals surface area (Å²) < 4.78 is 0. The van der Waals surface area contributed by atoms with Crippen LogP contribution in [0.25, 0.3) is 0 Å². The largest absolute Gasteiger partial charge is 0.313 e. The van der Waals surface area contributed by atoms with Crippen molar-refractivity contribution in [3.05, 3.63) is 11.6 Å². The minimum Gasteiger partial charge on any atom is -0.313 e. The average Bonchev–Trinajstić information content (AvgIpc) is 2.20. The van der Waals surface area contributed by atoms with Crippen LogP contribution in [-0.2, 0) is 0 Å². The number of rotatable bonds is 7. The van der Waals surface area contributed by atoms with Gasteiger partial charge in [-0.3, -0.25) is 0 Å². The van der Waals surface area contributed by atoms with E-state index in [-0.39, 0.29) is 5.41 Å². The van der Waals surface area contributed by atoms with Crippen molar-refractivity contribution in [2.45, 2.75) is 26.7 Å². The maximum absolute atomic E-state index is 5.95. The standard InChI is InChI=1S/C10H19Cl2N/c1-3-10(4-2,8-12)9-13-7-5-6-11/h5-6,13H,3-4,7-9H2,1-2H3/b6-5+. The first-order valence-corrected chi connectivity index (χ1v) is 5.73. The van der Waals surface area contributed by atoms with Crippen molar-refractivity contribution in [3.8, 4) is 0 Å². The molecule has 1 N–H and O–H groups in total. The van der Waals surface area contributed by atoms with Gasteiger partial charge in [-0.1, -0.05) is 31.5 Å². The van der Waals surface area contributed by atoms with Gasteiger partial charge in [0, 0.05) is 24.5 Å². The second-order valence-electron chi connectivity index (χ2n) is 3.33. The highest BCUT2D eigenvalue weighted by Gasteiger charge is 2.23. The SMILES string of the molecule is CCC(CC)(CCl)CNC/C=C/Cl. The van der Waals surface area contributed by atoms with Crippen molar-refractivity contribution in [3.63, 3.8) is 0 Å². The summed E-state index contributed by atoms with van der Waals surface area (Å²) in [5, 5.41) is 3.32. The van der Waals surface area contributed by atoms with Crippen LogP contribution in [0.3, 0.4) is 0 Å². The Balaban J connectivity index is 3.81. The van der Waals surface area contributed by atoms with Crippen LogP contribution in [0.5, 0.6) is 0 Å². The number of alkyl halides is 1. The Kier molecular flexibility index (Phi) is 7.83. The summed E-state index contributed by atoms with van der Waals surface area (Å²) in [7, 11) is 0. The zero-order chi connectivity index (χ0) is 10.2. The van der Waals surface area contributed by atoms with Crippen molar-refractivity contribution in [2.75, 3.05) is 19.0 Å². The van der Waals surface area contributed by atoms with Gasteiger partial charge in [-0.15, -0.1) is 11.6 Å². The van der Waals surface area contributed by atoms with Crippen molar-refractivity contribution in [2.24, 2.45) is 5.41 Å². The molecule has 1 nitrogen and oxygen atoms in total. The van der Waals surface area contributed by atoms with E-state index in [9.17, 15) is 0 Å². The minimum atomic E-state index is 0.252. The van der Waals surface area contributed by atoms with Gasteiger partial charge in [0.15, 0.2) is 0 Å². The van der Waals surface area contributed by atoms with E-state index in [1.165, 1.54) is 5.54 Å². The molecule has 0 fully saturated rings. The number of nitrogens with one attached hydrogen (secondary N) is 1. The second kappa shape index (κ2) is 7.66. The van der Waals surface area contributed by atoms with E-state index in [1.807, 2.05) is 6.08 Å². The molecule has 0 rings (SSSR count). The van der Waals surface area contributed by atoms with E-state index in [4.69, 9.17) is 23.2 Å². The molecule has 0 aromatic rings. The number of halogens is 2. The summed E-state index contributed by atoms with van der Waals surface area (Å²) in [5.74, 6) is 0.720. The molecule has 0 aromatic heterocycles. The predicted molar refractivity (Wildman–Crippen MR) is 61.6 cm³/mol. The van der Waals surface area contributed by atoms with Gasteiger partial charge >= 0.3 is 0 Å². The third-order valence-electron chi connectivity index (χ3n) is 2.63. The fourth-order valence-corrected chi connectivity index (χ4v) is 1.76. The zero-order valence-corrected chi connectivity index (χ0v) is 9.96. The Morgan fingerprint density at radius 3 is 2.31 bits per heavy atom. The molecule has 0 aliphatic heterocycles. The van der Waals surface area contributed by atoms with Crippen molar-refractivity contribution in [1.29, 1.82) is 0 Å². The Morgan fingerprint density at radius 1 is 1.31 bits per heavy atom. The lowest BCUT2D eigenvalue weighted by molar-refractivity contribution is 0.291. The third kappa shape index (κ3) is 4.90. The van der Waals surface area contributed by atoms with Gasteiger partial charge in [-0.25, -0.2) is 0 Å². The van der Waals surface area contributed by atoms with Gasteiger partial charge in [0.25, 0.3) is 0 Å². The molecule has 78 valence electrons. The van der Waals surface area contributed by atoms with Crippen LogP contribution in [0.4, 0.5) is 0 Å². The average molecular weight is 224 g/mol. The van der Waals surface area contributed by atoms with Crippen LogP contribution in [0, 0.1) is 5.41 Å². The van der Waals surface area contributed by atoms with Gasteiger partial charge in [0.2, 0.25) is 0 Å². The van der Waals surface area contributed by atoms with Crippen LogP contribution < -0.4 is 5.32 Å². The molecule has 0 saturated heterocycles. The highest BCUT2D eigenvalue weighted by Crippen LogP contribution is 2.26. The van der Waals surface area contributed by atoms with Crippen LogP contribution in [0.1, 0.15) is 26.7 Å². The lowest BCUT2D eigenvalue weighted by atomic mass is 9.84. The minimum absolute atomic E-state index is 0.252. The second-order valence-corrected chi connectivity index (χ2v) is 3.85. The molecule has 0 atom stereocenters. The van der Waals surface area contributed by atoms with Gasteiger partial charge in [0.1, 0.15) is 0 Å². The molecule has 0 heterocycles. The quantitative estimate of drug-likeness (QED) is 0.516. The molecule has 0 aromatic carbocycles. The molecule has 0 spiro atoms. The monoisotopic (exact) mass is 223 g/mol. The molecule has 3 heteroatoms. The van der Waals surface area contributed by atoms with E-state index < -0.39 is 0 Å². The van der Waals surface area contributed by atoms with Gasteiger partial charge in [-0.2, -0.15) is 0 Å². The normalized spacial score (nSPS) is 12.6. The molecular formula is C10H19Cl2N. The maximum atomic E-state index is 5.95. The number of hydrogen-bond acceptors (Lipinski definition) is 1. The van der Waals surface area contributed by atoms with E-state index in [0.717, 1.165) is 31.8 Å². The molecule has 0 unspecified atom stereocenters. The van der Waals surface area contributed by atoms with Gasteiger partial charge in [-0.05, 0) is 18.3 Å². The zero-order valence-electron chi connectivity index (χ0n) is 8.45. The lowest BCUT2D eigenvalue weighted by Gasteiger charge is -2.29. The molecule has 0 aliphatic rings. The van der Waals surface area contributed by atoms with Crippen LogP contribution in [0.15, 0.2) is 11.6 Å². The van der Waals surface area contributed by atoms with Gasteiger partial charge < -0.3 is 5.32 Å². The molecule has 0 amide bonds. The first kappa shape index (κ1) is 13.3. The molecular weight excluding hydrogens is 205 g/mol. The summed E-state index contributed by atoms with van der Waals surface area (Å²) in [5.41, 5.74) is 1.79. The van der Waals surface area contributed by atoms with Crippen LogP contribution >= 0.6 is 23.2 Å². The van der Waals surface area contributed by atoms with Gasteiger partial charge in [0.05, 0.1) is 0 Å². The molecule has 0 radical (unpaired) electrons. The summed E-state index contributed by atoms with van der Waals surface area (Å²) in [6.45, 7) is 6.16. The van der Waals surface area contributed by atoms with E-state index in [2.05, 4.69) is 19.2 Å². The molecule has 0 bridgehead atoms. The Hall–Kier alpha value is 0.280. The molecule has 0 aliphatic carbocycles. The third-order valence-corrected chi connectivity index (χ3v) is 3.38. The predicted octanol–water partition coefficient (Wildman–Crippen LogP) is 3.37. The Morgan fingerprint density at radius 2 is 1.92 bits per heavy atom. The van der Waals surface area contributed by atoms with Crippen LogP contribution in [0.2, 0.25) is 0 Å². The topological polar surface area (TPSA) is 12.0 Å². The molecule has 0 saturated carbocycles. The van der Waals surface area contributed by atoms with Crippen LogP contribution in [-0.4, -0.2) is 19.0 Å². The Bertz CT molecular complexity index is 134. The summed E-state index contributed by atoms with van der Waals surface area (Å²) in [4.78, 5) is 0. The van der Waals surface area contributed by atoms with Crippen molar-refractivity contribution in [1.82, 2.24) is 5.32 Å². The summed E-state index contributed by atoms with van der Waals surface area (Å²) in [6, 6.07) is 0. The fourth-order valence-electron chi connectivity index (χ4n) is 1.20. The molecule has 13 heavy (non-hydrogen) atoms. The highest BCUT2D eigenvalue weighted by atomic mass is 35.5. The lowest BCUT2D eigenvalue weighted by Crippen LogP contribution is -2.35. The summed E-state index contributed by atoms with van der Waals surface area (Å²) >= 11 is 11.4. The van der Waals surface area contributed by atoms with E-state index >= 15 is 0 Å². The first-order valence-electron chi connectivity index (χ1n) is 4.76. The fraction of sp³-hybridized carbons (Fsp3) is 0.800. The van der Waals surface area contributed by atoms with Crippen molar-refractivity contribution < 1.29 is 0 Å². The van der Waals surface area contributed by atoms with Crippen molar-refractivity contribution >= 4 is 23.2 Å². The van der Waals surface area contributed by atoms with E-state index in [0.29, 0.717) is 0 Å². The Labute approximate surface area is 91.5 Å².